The van der Waals surface area contributed by atoms with Crippen molar-refractivity contribution in [3.8, 4) is 0 Å². The molecule has 0 unspecified atom stereocenters. The first-order chi connectivity index (χ1) is 1.00. The van der Waals surface area contributed by atoms with Gasteiger partial charge in [0.05, 0.1) is 0 Å². The maximum absolute atomic E-state index is 7.72. The van der Waals surface area contributed by atoms with Crippen molar-refractivity contribution in [2.75, 3.05) is 0 Å². The normalized spacial score (nSPS) is 1.20. The summed E-state index contributed by atoms with van der Waals surface area (Å²) >= 11 is 3.39. The summed E-state index contributed by atoms with van der Waals surface area (Å²) in [6.45, 7) is 0. The molecule has 2 nitrogen and oxygen atoms in total. The fourth-order valence-corrected chi connectivity index (χ4v) is 0. The molecule has 0 aromatic carbocycles. The molecule has 1 N–H and O–H groups in total. The molecule has 0 heterocycles. The van der Waals surface area contributed by atoms with E-state index in [-0.39, 0.29) is 108 Å². The van der Waals surface area contributed by atoms with Gasteiger partial charge in [0.15, 0.2) is 0 Å². The second kappa shape index (κ2) is 25.9. The molecule has 0 atom stereocenters. The second-order valence-electron chi connectivity index (χ2n) is 0. The average Bonchev–Trinajstić information content (AvgIpc) is 1.00. The third kappa shape index (κ3) is 18.5. The summed E-state index contributed by atoms with van der Waals surface area (Å²) < 4.78 is 7.72. The molecule has 0 fully saturated rings. The Morgan fingerprint density at radius 1 is 1.00 bits per heavy atom. The van der Waals surface area contributed by atoms with Gasteiger partial charge in [-0.2, -0.15) is 0 Å². The zero-order valence-electron chi connectivity index (χ0n) is 3.23. The number of hydrogen-bond donors (Lipinski definition) is 0. The summed E-state index contributed by atoms with van der Waals surface area (Å²) in [5, 5.41) is 0. The molecule has 5 heteroatoms. The zero-order valence-corrected chi connectivity index (χ0v) is 10.2. The number of rotatable bonds is 0. The molecule has 0 bridgehead atoms. The summed E-state index contributed by atoms with van der Waals surface area (Å²) in [6, 6.07) is 0. The van der Waals surface area contributed by atoms with Gasteiger partial charge < -0.3 is 10.1 Å². The molecular weight excluding hydrogens is 146 g/mol. The molecule has 0 spiro atoms. The quantitative estimate of drug-likeness (QED) is 0.319. The van der Waals surface area contributed by atoms with Crippen LogP contribution in [0.15, 0.2) is 0 Å². The summed E-state index contributed by atoms with van der Waals surface area (Å²) in [5.41, 5.74) is 0. The third-order valence-corrected chi connectivity index (χ3v) is 0. The van der Waals surface area contributed by atoms with Gasteiger partial charge in [0.1, 0.15) is 0 Å². The predicted molar refractivity (Wildman–Crippen MR) is 7.79 cm³/mol. The van der Waals surface area contributed by atoms with Gasteiger partial charge in [-0.15, -0.1) is 0 Å². The largest absolute Gasteiger partial charge is 1.00 e. The van der Waals surface area contributed by atoms with E-state index in [4.69, 9.17) is 4.66 Å². The molecule has 0 aliphatic carbocycles. The van der Waals surface area contributed by atoms with Crippen molar-refractivity contribution in [1.29, 1.82) is 0 Å². The Hall–Kier alpha value is 3.48. The van der Waals surface area contributed by atoms with E-state index in [1.807, 2.05) is 0 Å². The van der Waals surface area contributed by atoms with Gasteiger partial charge in [-0.1, -0.05) is 0 Å². The summed E-state index contributed by atoms with van der Waals surface area (Å²) in [5.74, 6) is 0. The van der Waals surface area contributed by atoms with E-state index in [9.17, 15) is 0 Å². The van der Waals surface area contributed by atoms with Crippen LogP contribution >= 0.6 is 11.9 Å². The maximum atomic E-state index is 7.72. The minimum atomic E-state index is 0. The molecule has 0 aliphatic heterocycles. The van der Waals surface area contributed by atoms with Crippen molar-refractivity contribution >= 4 is 11.9 Å². The molecular formula is HClK2O2. The third-order valence-electron chi connectivity index (χ3n) is 0. The Balaban J connectivity index is -0.00000000167. The second-order valence-corrected chi connectivity index (χ2v) is 0. The predicted octanol–water partition coefficient (Wildman–Crippen LogP) is -6.67. The van der Waals surface area contributed by atoms with E-state index in [1.54, 1.807) is 0 Å². The molecule has 0 radical (unpaired) electrons. The molecule has 0 rings (SSSR count). The minimum Gasteiger partial charge on any atom is -0.870 e. The van der Waals surface area contributed by atoms with Crippen LogP contribution in [0.1, 0.15) is 0 Å². The standard InChI is InChI=1S/ClO.2K.H2O/c1-2;;;/h;;;1H2/q-1;2*+1;/p-1. The topological polar surface area (TPSA) is 53.1 Å². The average molecular weight is 147 g/mol. The van der Waals surface area contributed by atoms with Crippen LogP contribution in [0.2, 0.25) is 0 Å². The van der Waals surface area contributed by atoms with Gasteiger partial charge in [0.2, 0.25) is 0 Å². The van der Waals surface area contributed by atoms with Gasteiger partial charge >= 0.3 is 103 Å². The molecule has 22 valence electrons. The Labute approximate surface area is 121 Å². The fourth-order valence-electron chi connectivity index (χ4n) is 0. The molecule has 5 heavy (non-hydrogen) atoms. The Morgan fingerprint density at radius 3 is 1.00 bits per heavy atom. The minimum absolute atomic E-state index is 0. The maximum Gasteiger partial charge on any atom is 1.00 e. The van der Waals surface area contributed by atoms with Crippen LogP contribution in [-0.2, 0) is 0 Å². The summed E-state index contributed by atoms with van der Waals surface area (Å²) in [6.07, 6.45) is 0. The SMILES string of the molecule is [K+].[K+].[O-]Cl.[OH-]. The first-order valence-electron chi connectivity index (χ1n) is 0.154. The van der Waals surface area contributed by atoms with E-state index in [0.29, 0.717) is 0 Å². The molecule has 0 aromatic rings. The Morgan fingerprint density at radius 2 is 1.00 bits per heavy atom. The van der Waals surface area contributed by atoms with Crippen LogP contribution in [0.3, 0.4) is 0 Å². The van der Waals surface area contributed by atoms with E-state index in [0.717, 1.165) is 0 Å². The van der Waals surface area contributed by atoms with Gasteiger partial charge in [-0.05, 0) is 0 Å². The van der Waals surface area contributed by atoms with Crippen molar-refractivity contribution < 1.29 is 113 Å². The van der Waals surface area contributed by atoms with Crippen LogP contribution in [0.25, 0.3) is 0 Å². The van der Waals surface area contributed by atoms with Crippen molar-refractivity contribution in [3.63, 3.8) is 0 Å². The van der Waals surface area contributed by atoms with Crippen LogP contribution in [0.4, 0.5) is 0 Å². The Kier molecular flexibility index (Phi) is 123. The number of hydrogen-bond acceptors (Lipinski definition) is 2. The molecule has 0 saturated heterocycles. The molecule has 0 saturated carbocycles. The molecule has 0 aliphatic rings. The van der Waals surface area contributed by atoms with E-state index >= 15 is 0 Å². The van der Waals surface area contributed by atoms with Gasteiger partial charge in [0.25, 0.3) is 0 Å². The van der Waals surface area contributed by atoms with Crippen molar-refractivity contribution in [3.05, 3.63) is 0 Å². The van der Waals surface area contributed by atoms with Crippen molar-refractivity contribution in [2.45, 2.75) is 0 Å². The van der Waals surface area contributed by atoms with Crippen molar-refractivity contribution in [2.24, 2.45) is 0 Å². The van der Waals surface area contributed by atoms with Crippen LogP contribution in [0.5, 0.6) is 0 Å². The summed E-state index contributed by atoms with van der Waals surface area (Å²) in [7, 11) is 0. The number of halogens is 1. The van der Waals surface area contributed by atoms with Crippen molar-refractivity contribution in [1.82, 2.24) is 0 Å². The first-order valence-corrected chi connectivity index (χ1v) is 0.463. The van der Waals surface area contributed by atoms with E-state index in [1.165, 1.54) is 0 Å². The van der Waals surface area contributed by atoms with Gasteiger partial charge in [-0.25, -0.2) is 11.9 Å². The van der Waals surface area contributed by atoms with Crippen LogP contribution in [-0.4, -0.2) is 5.48 Å². The van der Waals surface area contributed by atoms with Gasteiger partial charge in [0, 0.05) is 0 Å². The van der Waals surface area contributed by atoms with E-state index < -0.39 is 0 Å². The fraction of sp³-hybridized carbons (Fsp3) is 0. The zero-order chi connectivity index (χ0) is 2.00. The van der Waals surface area contributed by atoms with Gasteiger partial charge in [-0.3, -0.25) is 0 Å². The Bertz CT molecular complexity index is 7.61. The molecule has 0 aromatic heterocycles. The monoisotopic (exact) mass is 146 g/mol. The smallest absolute Gasteiger partial charge is 0.870 e. The summed E-state index contributed by atoms with van der Waals surface area (Å²) in [4.78, 5) is 0. The first kappa shape index (κ1) is 23.6. The van der Waals surface area contributed by atoms with E-state index in [2.05, 4.69) is 11.9 Å². The van der Waals surface area contributed by atoms with Crippen LogP contribution < -0.4 is 107 Å². The molecule has 0 amide bonds. The van der Waals surface area contributed by atoms with Crippen LogP contribution in [0, 0.1) is 0 Å².